The zero-order valence-corrected chi connectivity index (χ0v) is 11.2. The number of methoxy groups -OCH3 is 1. The quantitative estimate of drug-likeness (QED) is 0.829. The molecule has 0 amide bonds. The van der Waals surface area contributed by atoms with Gasteiger partial charge in [-0.2, -0.15) is 0 Å². The summed E-state index contributed by atoms with van der Waals surface area (Å²) in [6.07, 6.45) is 5.35. The lowest BCUT2D eigenvalue weighted by Crippen LogP contribution is -2.13. The minimum atomic E-state index is -0.267. The predicted molar refractivity (Wildman–Crippen MR) is 73.0 cm³/mol. The Labute approximate surface area is 109 Å². The van der Waals surface area contributed by atoms with Crippen LogP contribution in [0.4, 0.5) is 5.69 Å². The topological polar surface area (TPSA) is 38.3 Å². The van der Waals surface area contributed by atoms with Gasteiger partial charge in [-0.05, 0) is 43.4 Å². The number of rotatable bonds is 4. The predicted octanol–water partition coefficient (Wildman–Crippen LogP) is 3.38. The van der Waals surface area contributed by atoms with Crippen LogP contribution in [0.25, 0.3) is 0 Å². The first-order valence-electron chi connectivity index (χ1n) is 6.64. The molecule has 2 rings (SSSR count). The molecule has 3 nitrogen and oxygen atoms in total. The zero-order chi connectivity index (χ0) is 13.0. The lowest BCUT2D eigenvalue weighted by Gasteiger charge is -2.15. The van der Waals surface area contributed by atoms with Crippen molar-refractivity contribution >= 4 is 11.7 Å². The second kappa shape index (κ2) is 5.89. The van der Waals surface area contributed by atoms with E-state index in [1.54, 1.807) is 0 Å². The molecule has 0 heterocycles. The van der Waals surface area contributed by atoms with E-state index in [2.05, 4.69) is 5.32 Å². The Balaban J connectivity index is 2.05. The molecule has 1 aliphatic rings. The van der Waals surface area contributed by atoms with E-state index in [0.717, 1.165) is 23.7 Å². The number of ether oxygens (including phenoxy) is 1. The molecule has 0 aromatic heterocycles. The van der Waals surface area contributed by atoms with Crippen LogP contribution in [0.5, 0.6) is 0 Å². The Morgan fingerprint density at radius 1 is 1.39 bits per heavy atom. The molecule has 1 aromatic carbocycles. The minimum absolute atomic E-state index is 0.267. The van der Waals surface area contributed by atoms with E-state index in [4.69, 9.17) is 4.74 Å². The summed E-state index contributed by atoms with van der Waals surface area (Å²) in [7, 11) is 1.42. The second-order valence-corrected chi connectivity index (χ2v) is 5.00. The highest BCUT2D eigenvalue weighted by Gasteiger charge is 2.16. The van der Waals surface area contributed by atoms with Crippen molar-refractivity contribution in [1.82, 2.24) is 0 Å². The molecule has 0 radical (unpaired) electrons. The Hall–Kier alpha value is -1.51. The van der Waals surface area contributed by atoms with Gasteiger partial charge >= 0.3 is 5.97 Å². The van der Waals surface area contributed by atoms with Gasteiger partial charge in [-0.15, -0.1) is 0 Å². The highest BCUT2D eigenvalue weighted by molar-refractivity contribution is 5.92. The van der Waals surface area contributed by atoms with Crippen molar-refractivity contribution in [3.63, 3.8) is 0 Å². The molecule has 0 atom stereocenters. The minimum Gasteiger partial charge on any atom is -0.465 e. The molecule has 0 aliphatic heterocycles. The van der Waals surface area contributed by atoms with Crippen molar-refractivity contribution in [3.8, 4) is 0 Å². The number of hydrogen-bond donors (Lipinski definition) is 1. The lowest BCUT2D eigenvalue weighted by molar-refractivity contribution is 0.0600. The van der Waals surface area contributed by atoms with Gasteiger partial charge in [-0.25, -0.2) is 4.79 Å². The average molecular weight is 247 g/mol. The fraction of sp³-hybridized carbons (Fsp3) is 0.533. The molecule has 0 unspecified atom stereocenters. The third kappa shape index (κ3) is 2.84. The maximum atomic E-state index is 11.6. The van der Waals surface area contributed by atoms with Gasteiger partial charge in [0.15, 0.2) is 0 Å². The zero-order valence-electron chi connectivity index (χ0n) is 11.2. The summed E-state index contributed by atoms with van der Waals surface area (Å²) >= 11 is 0. The molecular formula is C15H21NO2. The van der Waals surface area contributed by atoms with Crippen molar-refractivity contribution < 1.29 is 9.53 Å². The van der Waals surface area contributed by atoms with Crippen molar-refractivity contribution in [2.75, 3.05) is 19.0 Å². The van der Waals surface area contributed by atoms with Crippen molar-refractivity contribution in [2.45, 2.75) is 32.6 Å². The molecule has 1 aromatic rings. The maximum absolute atomic E-state index is 11.6. The number of carbonyl (C=O) groups is 1. The molecular weight excluding hydrogens is 226 g/mol. The summed E-state index contributed by atoms with van der Waals surface area (Å²) in [5.74, 6) is 0.517. The SMILES string of the molecule is COC(=O)c1cccc(NCC2CCCC2)c1C. The number of anilines is 1. The van der Waals surface area contributed by atoms with E-state index >= 15 is 0 Å². The number of benzene rings is 1. The van der Waals surface area contributed by atoms with E-state index in [0.29, 0.717) is 5.56 Å². The molecule has 0 spiro atoms. The van der Waals surface area contributed by atoms with Crippen LogP contribution in [-0.2, 0) is 4.74 Å². The number of hydrogen-bond acceptors (Lipinski definition) is 3. The van der Waals surface area contributed by atoms with Crippen LogP contribution in [0.1, 0.15) is 41.6 Å². The van der Waals surface area contributed by atoms with Crippen LogP contribution in [0, 0.1) is 12.8 Å². The lowest BCUT2D eigenvalue weighted by atomic mass is 10.1. The molecule has 18 heavy (non-hydrogen) atoms. The molecule has 0 bridgehead atoms. The molecule has 1 N–H and O–H groups in total. The molecule has 1 fully saturated rings. The van der Waals surface area contributed by atoms with Crippen LogP contribution in [0.15, 0.2) is 18.2 Å². The highest BCUT2D eigenvalue weighted by atomic mass is 16.5. The molecule has 98 valence electrons. The monoisotopic (exact) mass is 247 g/mol. The Morgan fingerprint density at radius 2 is 2.11 bits per heavy atom. The first-order chi connectivity index (χ1) is 8.72. The Kier molecular flexibility index (Phi) is 4.24. The molecule has 0 saturated heterocycles. The fourth-order valence-corrected chi connectivity index (χ4v) is 2.63. The maximum Gasteiger partial charge on any atom is 0.338 e. The Bertz CT molecular complexity index is 423. The fourth-order valence-electron chi connectivity index (χ4n) is 2.63. The van der Waals surface area contributed by atoms with E-state index in [-0.39, 0.29) is 5.97 Å². The molecule has 3 heteroatoms. The average Bonchev–Trinajstić information content (AvgIpc) is 2.90. The summed E-state index contributed by atoms with van der Waals surface area (Å²) in [4.78, 5) is 11.6. The first kappa shape index (κ1) is 12.9. The van der Waals surface area contributed by atoms with E-state index in [1.807, 2.05) is 25.1 Å². The Morgan fingerprint density at radius 3 is 2.78 bits per heavy atom. The van der Waals surface area contributed by atoms with Crippen LogP contribution < -0.4 is 5.32 Å². The van der Waals surface area contributed by atoms with Gasteiger partial charge in [-0.3, -0.25) is 0 Å². The summed E-state index contributed by atoms with van der Waals surface area (Å²) in [5.41, 5.74) is 2.67. The van der Waals surface area contributed by atoms with Gasteiger partial charge in [0.1, 0.15) is 0 Å². The number of nitrogens with one attached hydrogen (secondary N) is 1. The summed E-state index contributed by atoms with van der Waals surface area (Å²) in [6.45, 7) is 2.97. The van der Waals surface area contributed by atoms with Gasteiger partial charge in [0.05, 0.1) is 12.7 Å². The van der Waals surface area contributed by atoms with Crippen LogP contribution >= 0.6 is 0 Å². The van der Waals surface area contributed by atoms with Gasteiger partial charge in [0.2, 0.25) is 0 Å². The smallest absolute Gasteiger partial charge is 0.338 e. The van der Waals surface area contributed by atoms with Crippen LogP contribution in [-0.4, -0.2) is 19.6 Å². The van der Waals surface area contributed by atoms with Crippen molar-refractivity contribution in [2.24, 2.45) is 5.92 Å². The molecule has 1 aliphatic carbocycles. The van der Waals surface area contributed by atoms with E-state index < -0.39 is 0 Å². The highest BCUT2D eigenvalue weighted by Crippen LogP contribution is 2.26. The molecule has 1 saturated carbocycles. The summed E-state index contributed by atoms with van der Waals surface area (Å²) in [6, 6.07) is 5.73. The summed E-state index contributed by atoms with van der Waals surface area (Å²) in [5, 5.41) is 3.47. The van der Waals surface area contributed by atoms with Gasteiger partial charge < -0.3 is 10.1 Å². The first-order valence-corrected chi connectivity index (χ1v) is 6.64. The van der Waals surface area contributed by atoms with Crippen molar-refractivity contribution in [3.05, 3.63) is 29.3 Å². The van der Waals surface area contributed by atoms with Crippen LogP contribution in [0.2, 0.25) is 0 Å². The third-order valence-corrected chi connectivity index (χ3v) is 3.80. The second-order valence-electron chi connectivity index (χ2n) is 5.00. The number of carbonyl (C=O) groups excluding carboxylic acids is 1. The van der Waals surface area contributed by atoms with Gasteiger partial charge in [0.25, 0.3) is 0 Å². The normalized spacial score (nSPS) is 15.7. The van der Waals surface area contributed by atoms with Crippen LogP contribution in [0.3, 0.4) is 0 Å². The van der Waals surface area contributed by atoms with Crippen molar-refractivity contribution in [1.29, 1.82) is 0 Å². The summed E-state index contributed by atoms with van der Waals surface area (Å²) < 4.78 is 4.78. The third-order valence-electron chi connectivity index (χ3n) is 3.80. The standard InChI is InChI=1S/C15H21NO2/c1-11-13(15(17)18-2)8-5-9-14(11)16-10-12-6-3-4-7-12/h5,8-9,12,16H,3-4,6-7,10H2,1-2H3. The van der Waals surface area contributed by atoms with Gasteiger partial charge in [0, 0.05) is 12.2 Å². The van der Waals surface area contributed by atoms with E-state index in [9.17, 15) is 4.79 Å². The largest absolute Gasteiger partial charge is 0.465 e. The number of esters is 1. The van der Waals surface area contributed by atoms with Gasteiger partial charge in [-0.1, -0.05) is 18.9 Å². The van der Waals surface area contributed by atoms with E-state index in [1.165, 1.54) is 32.8 Å².